The van der Waals surface area contributed by atoms with Crippen molar-refractivity contribution in [1.82, 2.24) is 0 Å². The van der Waals surface area contributed by atoms with Crippen molar-refractivity contribution in [3.8, 4) is 0 Å². The van der Waals surface area contributed by atoms with Gasteiger partial charge in [0, 0.05) is 0 Å². The van der Waals surface area contributed by atoms with E-state index in [0.717, 1.165) is 4.35 Å². The Morgan fingerprint density at radius 1 is 1.00 bits per heavy atom. The molecule has 0 aliphatic carbocycles. The molecule has 2 rings (SSSR count). The van der Waals surface area contributed by atoms with Crippen LogP contribution >= 0.6 is 20.0 Å². The summed E-state index contributed by atoms with van der Waals surface area (Å²) in [5, 5.41) is 16.4. The number of rotatable bonds is 3. The van der Waals surface area contributed by atoms with Gasteiger partial charge in [0.1, 0.15) is 0 Å². The summed E-state index contributed by atoms with van der Waals surface area (Å²) in [6, 6.07) is 9.59. The zero-order valence-electron chi connectivity index (χ0n) is 8.52. The van der Waals surface area contributed by atoms with Crippen LogP contribution < -0.4 is 4.35 Å². The number of hydrogen-bond donors (Lipinski definition) is 2. The first kappa shape index (κ1) is 12.9. The average molecular weight is 332 g/mol. The quantitative estimate of drug-likeness (QED) is 0.797. The first-order valence-corrected chi connectivity index (χ1v) is 11.9. The molecule has 0 spiro atoms. The Morgan fingerprint density at radius 3 is 1.88 bits per heavy atom. The van der Waals surface area contributed by atoms with Crippen molar-refractivity contribution in [2.24, 2.45) is 0 Å². The first-order valence-electron chi connectivity index (χ1n) is 4.74. The standard InChI is InChI=1S/C10H9AsO4S2/c12-9(13)7-8(10(14)15)17-11(16-7)6-4-2-1-3-5-6/h1-5,7-8H,(H,12,13)(H,14,15). The molecular formula is C10H9AsO4S2. The number of carboxylic acids is 2. The van der Waals surface area contributed by atoms with E-state index >= 15 is 0 Å². The topological polar surface area (TPSA) is 74.6 Å². The second kappa shape index (κ2) is 5.38. The second-order valence-electron chi connectivity index (χ2n) is 3.32. The molecule has 7 heteroatoms. The van der Waals surface area contributed by atoms with Crippen LogP contribution in [0.1, 0.15) is 0 Å². The van der Waals surface area contributed by atoms with Crippen molar-refractivity contribution in [2.45, 2.75) is 10.5 Å². The van der Waals surface area contributed by atoms with Gasteiger partial charge in [-0.1, -0.05) is 0 Å². The van der Waals surface area contributed by atoms with Gasteiger partial charge in [-0.2, -0.15) is 0 Å². The van der Waals surface area contributed by atoms with E-state index in [1.165, 1.54) is 20.0 Å². The van der Waals surface area contributed by atoms with Crippen molar-refractivity contribution in [1.29, 1.82) is 0 Å². The summed E-state index contributed by atoms with van der Waals surface area (Å²) >= 11 is -1.67. The van der Waals surface area contributed by atoms with E-state index in [1.54, 1.807) is 0 Å². The molecule has 4 nitrogen and oxygen atoms in total. The summed E-state index contributed by atoms with van der Waals surface area (Å²) in [5.41, 5.74) is 0. The third kappa shape index (κ3) is 2.81. The third-order valence-electron chi connectivity index (χ3n) is 2.15. The molecule has 1 aromatic carbocycles. The molecule has 1 aliphatic heterocycles. The predicted octanol–water partition coefficient (Wildman–Crippen LogP) is 0.768. The minimum absolute atomic E-state index is 0.822. The van der Waals surface area contributed by atoms with Crippen LogP contribution in [0.5, 0.6) is 0 Å². The summed E-state index contributed by atoms with van der Waals surface area (Å²) in [4.78, 5) is 22.0. The van der Waals surface area contributed by atoms with Crippen molar-refractivity contribution in [3.05, 3.63) is 30.3 Å². The Kier molecular flexibility index (Phi) is 4.07. The van der Waals surface area contributed by atoms with E-state index in [9.17, 15) is 9.59 Å². The van der Waals surface area contributed by atoms with Crippen molar-refractivity contribution >= 4 is 48.7 Å². The molecule has 0 aromatic heterocycles. The fourth-order valence-corrected chi connectivity index (χ4v) is 17.0. The molecule has 1 aliphatic rings. The molecular weight excluding hydrogens is 323 g/mol. The molecule has 0 bridgehead atoms. The number of hydrogen-bond acceptors (Lipinski definition) is 4. The van der Waals surface area contributed by atoms with Gasteiger partial charge in [-0.25, -0.2) is 0 Å². The van der Waals surface area contributed by atoms with Crippen LogP contribution in [0.25, 0.3) is 0 Å². The Hall–Kier alpha value is -0.582. The molecule has 0 saturated carbocycles. The third-order valence-corrected chi connectivity index (χ3v) is 15.8. The molecule has 1 fully saturated rings. The van der Waals surface area contributed by atoms with Crippen LogP contribution in [-0.2, 0) is 9.59 Å². The van der Waals surface area contributed by atoms with E-state index in [0.29, 0.717) is 0 Å². The van der Waals surface area contributed by atoms with Gasteiger partial charge in [0.05, 0.1) is 0 Å². The molecule has 1 saturated heterocycles. The average Bonchev–Trinajstić information content (AvgIpc) is 2.75. The number of carbonyl (C=O) groups is 2. The Balaban J connectivity index is 2.20. The molecule has 2 unspecified atom stereocenters. The first-order chi connectivity index (χ1) is 8.09. The molecule has 1 heterocycles. The maximum absolute atomic E-state index is 11.0. The summed E-state index contributed by atoms with van der Waals surface area (Å²) in [6.45, 7) is 0. The van der Waals surface area contributed by atoms with Crippen LogP contribution in [0.3, 0.4) is 0 Å². The molecule has 90 valence electrons. The van der Waals surface area contributed by atoms with Gasteiger partial charge in [-0.05, 0) is 0 Å². The fraction of sp³-hybridized carbons (Fsp3) is 0.200. The molecule has 2 atom stereocenters. The number of carboxylic acid groups (broad SMARTS) is 2. The zero-order chi connectivity index (χ0) is 12.4. The second-order valence-corrected chi connectivity index (χ2v) is 14.6. The molecule has 17 heavy (non-hydrogen) atoms. The fourth-order valence-electron chi connectivity index (χ4n) is 1.36. The van der Waals surface area contributed by atoms with E-state index in [1.807, 2.05) is 30.3 Å². The summed E-state index contributed by atoms with van der Waals surface area (Å²) in [6.07, 6.45) is 0. The molecule has 2 N–H and O–H groups in total. The molecule has 1 aromatic rings. The number of benzene rings is 1. The Labute approximate surface area is 109 Å². The normalized spacial score (nSPS) is 27.9. The number of aliphatic carboxylic acids is 2. The Morgan fingerprint density at radius 2 is 1.47 bits per heavy atom. The minimum atomic E-state index is -1.67. The van der Waals surface area contributed by atoms with Gasteiger partial charge >= 0.3 is 109 Å². The van der Waals surface area contributed by atoms with Gasteiger partial charge in [-0.15, -0.1) is 0 Å². The maximum atomic E-state index is 11.0. The summed E-state index contributed by atoms with van der Waals surface area (Å²) in [5.74, 6) is -2.05. The zero-order valence-corrected chi connectivity index (χ0v) is 12.0. The summed E-state index contributed by atoms with van der Waals surface area (Å²) in [7, 11) is 2.67. The SMILES string of the molecule is O=C(O)C1S[As](c2ccccc2)SC1C(=O)O. The van der Waals surface area contributed by atoms with Crippen molar-refractivity contribution in [2.75, 3.05) is 0 Å². The van der Waals surface area contributed by atoms with Gasteiger partial charge in [0.25, 0.3) is 0 Å². The van der Waals surface area contributed by atoms with Gasteiger partial charge in [0.2, 0.25) is 0 Å². The van der Waals surface area contributed by atoms with E-state index in [2.05, 4.69) is 0 Å². The van der Waals surface area contributed by atoms with E-state index in [4.69, 9.17) is 10.2 Å². The van der Waals surface area contributed by atoms with Crippen LogP contribution in [0.4, 0.5) is 0 Å². The van der Waals surface area contributed by atoms with Gasteiger partial charge in [0.15, 0.2) is 0 Å². The van der Waals surface area contributed by atoms with Crippen molar-refractivity contribution in [3.63, 3.8) is 0 Å². The van der Waals surface area contributed by atoms with Crippen LogP contribution in [0.2, 0.25) is 0 Å². The van der Waals surface area contributed by atoms with Gasteiger partial charge < -0.3 is 0 Å². The van der Waals surface area contributed by atoms with Crippen molar-refractivity contribution < 1.29 is 19.8 Å². The van der Waals surface area contributed by atoms with E-state index in [-0.39, 0.29) is 0 Å². The van der Waals surface area contributed by atoms with E-state index < -0.39 is 34.8 Å². The monoisotopic (exact) mass is 332 g/mol. The Bertz CT molecular complexity index is 417. The molecule has 0 radical (unpaired) electrons. The predicted molar refractivity (Wildman–Crippen MR) is 69.9 cm³/mol. The molecule has 0 amide bonds. The van der Waals surface area contributed by atoms with Gasteiger partial charge in [-0.3, -0.25) is 0 Å². The van der Waals surface area contributed by atoms with Crippen LogP contribution in [0.15, 0.2) is 30.3 Å². The van der Waals surface area contributed by atoms with Crippen LogP contribution in [-0.4, -0.2) is 45.0 Å². The summed E-state index contributed by atoms with van der Waals surface area (Å²) < 4.78 is 1.10. The van der Waals surface area contributed by atoms with Crippen LogP contribution in [0, 0.1) is 0 Å².